The molecule has 0 bridgehead atoms. The fraction of sp³-hybridized carbons (Fsp3) is 0.812. The SMILES string of the molecule is CC(C)CCN(CCCn1ccc(N)n1)CCC(C)C. The molecule has 0 aromatic carbocycles. The van der Waals surface area contributed by atoms with Crippen molar-refractivity contribution < 1.29 is 0 Å². The first-order chi connectivity index (χ1) is 9.47. The van der Waals surface area contributed by atoms with Crippen LogP contribution in [-0.2, 0) is 6.54 Å². The van der Waals surface area contributed by atoms with Crippen molar-refractivity contribution in [3.05, 3.63) is 12.3 Å². The number of nitrogens with zero attached hydrogens (tertiary/aromatic N) is 3. The summed E-state index contributed by atoms with van der Waals surface area (Å²) in [5.74, 6) is 2.17. The maximum Gasteiger partial charge on any atom is 0.145 e. The highest BCUT2D eigenvalue weighted by molar-refractivity contribution is 5.23. The van der Waals surface area contributed by atoms with Gasteiger partial charge in [0.25, 0.3) is 0 Å². The number of nitrogens with two attached hydrogens (primary N) is 1. The first kappa shape index (κ1) is 17.0. The summed E-state index contributed by atoms with van der Waals surface area (Å²) in [6.07, 6.45) is 5.67. The molecule has 116 valence electrons. The van der Waals surface area contributed by atoms with Gasteiger partial charge in [0.15, 0.2) is 0 Å². The molecular formula is C16H32N4. The molecule has 4 nitrogen and oxygen atoms in total. The number of aryl methyl sites for hydroxylation is 1. The van der Waals surface area contributed by atoms with Crippen LogP contribution in [0, 0.1) is 11.8 Å². The summed E-state index contributed by atoms with van der Waals surface area (Å²) in [4.78, 5) is 2.60. The third-order valence-electron chi connectivity index (χ3n) is 3.57. The molecule has 4 heteroatoms. The van der Waals surface area contributed by atoms with Crippen LogP contribution in [-0.4, -0.2) is 34.3 Å². The van der Waals surface area contributed by atoms with Crippen LogP contribution in [0.15, 0.2) is 12.3 Å². The van der Waals surface area contributed by atoms with E-state index < -0.39 is 0 Å². The maximum atomic E-state index is 5.63. The number of hydrogen-bond acceptors (Lipinski definition) is 3. The molecule has 0 unspecified atom stereocenters. The Bertz CT molecular complexity index is 345. The van der Waals surface area contributed by atoms with E-state index in [0.29, 0.717) is 5.82 Å². The lowest BCUT2D eigenvalue weighted by atomic mass is 10.1. The summed E-state index contributed by atoms with van der Waals surface area (Å²) in [6.45, 7) is 13.7. The zero-order valence-corrected chi connectivity index (χ0v) is 13.7. The van der Waals surface area contributed by atoms with Crippen molar-refractivity contribution in [2.75, 3.05) is 25.4 Å². The first-order valence-electron chi connectivity index (χ1n) is 7.98. The lowest BCUT2D eigenvalue weighted by molar-refractivity contribution is 0.236. The van der Waals surface area contributed by atoms with E-state index in [4.69, 9.17) is 5.73 Å². The maximum absolute atomic E-state index is 5.63. The van der Waals surface area contributed by atoms with Gasteiger partial charge in [0.2, 0.25) is 0 Å². The van der Waals surface area contributed by atoms with Gasteiger partial charge < -0.3 is 10.6 Å². The van der Waals surface area contributed by atoms with Gasteiger partial charge in [-0.1, -0.05) is 27.7 Å². The Balaban J connectivity index is 2.30. The lowest BCUT2D eigenvalue weighted by Crippen LogP contribution is -2.29. The molecule has 0 spiro atoms. The third-order valence-corrected chi connectivity index (χ3v) is 3.57. The molecule has 2 N–H and O–H groups in total. The van der Waals surface area contributed by atoms with E-state index in [9.17, 15) is 0 Å². The third kappa shape index (κ3) is 7.53. The monoisotopic (exact) mass is 280 g/mol. The standard InChI is InChI=1S/C16H32N4/c1-14(2)6-11-19(12-7-15(3)4)9-5-10-20-13-8-16(17)18-20/h8,13-15H,5-7,9-12H2,1-4H3,(H2,17,18). The van der Waals surface area contributed by atoms with Crippen LogP contribution < -0.4 is 5.73 Å². The Kier molecular flexibility index (Phi) is 7.67. The molecule has 0 aliphatic heterocycles. The fourth-order valence-electron chi connectivity index (χ4n) is 2.18. The van der Waals surface area contributed by atoms with E-state index in [2.05, 4.69) is 37.7 Å². The molecule has 0 radical (unpaired) electrons. The molecule has 1 rings (SSSR count). The predicted octanol–water partition coefficient (Wildman–Crippen LogP) is 3.25. The fourth-order valence-corrected chi connectivity index (χ4v) is 2.18. The molecule has 0 amide bonds. The van der Waals surface area contributed by atoms with E-state index in [1.165, 1.54) is 25.9 Å². The zero-order valence-electron chi connectivity index (χ0n) is 13.7. The topological polar surface area (TPSA) is 47.1 Å². The second kappa shape index (κ2) is 9.01. The molecule has 0 aliphatic rings. The van der Waals surface area contributed by atoms with Gasteiger partial charge in [0, 0.05) is 12.7 Å². The number of nitrogen functional groups attached to an aromatic ring is 1. The van der Waals surface area contributed by atoms with Crippen LogP contribution >= 0.6 is 0 Å². The molecular weight excluding hydrogens is 248 g/mol. The van der Waals surface area contributed by atoms with Crippen molar-refractivity contribution in [1.82, 2.24) is 14.7 Å². The molecule has 20 heavy (non-hydrogen) atoms. The Labute approximate surface area is 124 Å². The first-order valence-corrected chi connectivity index (χ1v) is 7.98. The van der Waals surface area contributed by atoms with Gasteiger partial charge in [-0.25, -0.2) is 0 Å². The summed E-state index contributed by atoms with van der Waals surface area (Å²) in [6, 6.07) is 1.86. The van der Waals surface area contributed by atoms with Gasteiger partial charge >= 0.3 is 0 Å². The normalized spacial score (nSPS) is 11.9. The van der Waals surface area contributed by atoms with Gasteiger partial charge in [-0.3, -0.25) is 4.68 Å². The average molecular weight is 280 g/mol. The minimum Gasteiger partial charge on any atom is -0.382 e. The lowest BCUT2D eigenvalue weighted by Gasteiger charge is -2.24. The van der Waals surface area contributed by atoms with Crippen molar-refractivity contribution in [3.8, 4) is 0 Å². The summed E-state index contributed by atoms with van der Waals surface area (Å²) in [5.41, 5.74) is 5.63. The van der Waals surface area contributed by atoms with E-state index in [1.54, 1.807) is 0 Å². The molecule has 1 aromatic rings. The second-order valence-electron chi connectivity index (χ2n) is 6.56. The Hall–Kier alpha value is -1.03. The summed E-state index contributed by atoms with van der Waals surface area (Å²) < 4.78 is 1.94. The Morgan fingerprint density at radius 2 is 1.70 bits per heavy atom. The van der Waals surface area contributed by atoms with Gasteiger partial charge in [-0.2, -0.15) is 5.10 Å². The molecule has 0 atom stereocenters. The summed E-state index contributed by atoms with van der Waals surface area (Å²) in [5, 5.41) is 4.23. The molecule has 1 heterocycles. The van der Waals surface area contributed by atoms with E-state index in [-0.39, 0.29) is 0 Å². The zero-order chi connectivity index (χ0) is 15.0. The Morgan fingerprint density at radius 1 is 1.10 bits per heavy atom. The van der Waals surface area contributed by atoms with Gasteiger partial charge in [-0.15, -0.1) is 0 Å². The molecule has 0 saturated heterocycles. The number of hydrogen-bond donors (Lipinski definition) is 1. The minimum atomic E-state index is 0.612. The van der Waals surface area contributed by atoms with Crippen molar-refractivity contribution in [3.63, 3.8) is 0 Å². The van der Waals surface area contributed by atoms with Crippen molar-refractivity contribution >= 4 is 5.82 Å². The van der Waals surface area contributed by atoms with E-state index in [0.717, 1.165) is 31.3 Å². The van der Waals surface area contributed by atoms with Crippen molar-refractivity contribution in [2.24, 2.45) is 11.8 Å². The largest absolute Gasteiger partial charge is 0.382 e. The number of rotatable bonds is 10. The number of aromatic nitrogens is 2. The van der Waals surface area contributed by atoms with Gasteiger partial charge in [-0.05, 0) is 56.8 Å². The predicted molar refractivity (Wildman–Crippen MR) is 86.6 cm³/mol. The minimum absolute atomic E-state index is 0.612. The highest BCUT2D eigenvalue weighted by atomic mass is 15.3. The quantitative estimate of drug-likeness (QED) is 0.715. The van der Waals surface area contributed by atoms with Crippen LogP contribution in [0.3, 0.4) is 0 Å². The molecule has 0 saturated carbocycles. The van der Waals surface area contributed by atoms with Crippen molar-refractivity contribution in [2.45, 2.75) is 53.5 Å². The highest BCUT2D eigenvalue weighted by Crippen LogP contribution is 2.07. The number of anilines is 1. The molecule has 1 aromatic heterocycles. The average Bonchev–Trinajstić information content (AvgIpc) is 2.77. The van der Waals surface area contributed by atoms with Gasteiger partial charge in [0.1, 0.15) is 5.82 Å². The van der Waals surface area contributed by atoms with Crippen LogP contribution in [0.2, 0.25) is 0 Å². The van der Waals surface area contributed by atoms with Crippen LogP contribution in [0.1, 0.15) is 47.0 Å². The van der Waals surface area contributed by atoms with Crippen LogP contribution in [0.25, 0.3) is 0 Å². The summed E-state index contributed by atoms with van der Waals surface area (Å²) >= 11 is 0. The van der Waals surface area contributed by atoms with E-state index >= 15 is 0 Å². The Morgan fingerprint density at radius 3 is 2.15 bits per heavy atom. The van der Waals surface area contributed by atoms with E-state index in [1.807, 2.05) is 16.9 Å². The van der Waals surface area contributed by atoms with Crippen LogP contribution in [0.4, 0.5) is 5.82 Å². The molecule has 0 aliphatic carbocycles. The molecule has 0 fully saturated rings. The smallest absolute Gasteiger partial charge is 0.145 e. The van der Waals surface area contributed by atoms with Crippen molar-refractivity contribution in [1.29, 1.82) is 0 Å². The summed E-state index contributed by atoms with van der Waals surface area (Å²) in [7, 11) is 0. The highest BCUT2D eigenvalue weighted by Gasteiger charge is 2.07. The van der Waals surface area contributed by atoms with Gasteiger partial charge in [0.05, 0.1) is 0 Å². The van der Waals surface area contributed by atoms with Crippen LogP contribution in [0.5, 0.6) is 0 Å². The second-order valence-corrected chi connectivity index (χ2v) is 6.56.